The van der Waals surface area contributed by atoms with Crippen LogP contribution in [0.2, 0.25) is 0 Å². The Morgan fingerprint density at radius 1 is 1.59 bits per heavy atom. The molecule has 6 heteroatoms. The van der Waals surface area contributed by atoms with Crippen molar-refractivity contribution in [1.29, 1.82) is 0 Å². The molecule has 6 nitrogen and oxygen atoms in total. The monoisotopic (exact) mass is 239 g/mol. The van der Waals surface area contributed by atoms with Crippen LogP contribution < -0.4 is 11.1 Å². The van der Waals surface area contributed by atoms with Gasteiger partial charge in [0.1, 0.15) is 0 Å². The van der Waals surface area contributed by atoms with E-state index in [2.05, 4.69) is 15.6 Å². The number of hydrogen-bond acceptors (Lipinski definition) is 4. The lowest BCUT2D eigenvalue weighted by molar-refractivity contribution is -0.129. The number of hydrogen-bond donors (Lipinski definition) is 2. The van der Waals surface area contributed by atoms with Crippen molar-refractivity contribution in [1.82, 2.24) is 20.3 Å². The van der Waals surface area contributed by atoms with E-state index in [1.807, 2.05) is 13.8 Å². The molecule has 0 aromatic carbocycles. The van der Waals surface area contributed by atoms with Crippen LogP contribution in [-0.2, 0) is 11.3 Å². The van der Waals surface area contributed by atoms with E-state index < -0.39 is 5.41 Å². The molecular weight excluding hydrogens is 218 g/mol. The molecule has 0 bridgehead atoms. The summed E-state index contributed by atoms with van der Waals surface area (Å²) in [5.74, 6) is 0.0288. The lowest BCUT2D eigenvalue weighted by atomic mass is 9.87. The van der Waals surface area contributed by atoms with Crippen molar-refractivity contribution in [2.24, 2.45) is 11.1 Å². The van der Waals surface area contributed by atoms with Crippen molar-refractivity contribution in [3.8, 4) is 0 Å². The van der Waals surface area contributed by atoms with Crippen LogP contribution in [0.1, 0.15) is 26.7 Å². The third-order valence-electron chi connectivity index (χ3n) is 3.10. The molecule has 1 amide bonds. The molecule has 0 saturated carbocycles. The second-order valence-electron chi connectivity index (χ2n) is 4.39. The van der Waals surface area contributed by atoms with E-state index in [4.69, 9.17) is 5.73 Å². The second-order valence-corrected chi connectivity index (χ2v) is 4.39. The SMILES string of the molecule is CCC(C)(CN)C(=O)NCCCn1ccnn1. The molecule has 0 aliphatic carbocycles. The lowest BCUT2D eigenvalue weighted by Crippen LogP contribution is -2.43. The van der Waals surface area contributed by atoms with Crippen LogP contribution in [0.4, 0.5) is 0 Å². The summed E-state index contributed by atoms with van der Waals surface area (Å²) < 4.78 is 1.74. The molecule has 0 aliphatic heterocycles. The molecule has 1 rings (SSSR count). The summed E-state index contributed by atoms with van der Waals surface area (Å²) in [7, 11) is 0. The zero-order valence-electron chi connectivity index (χ0n) is 10.5. The van der Waals surface area contributed by atoms with Gasteiger partial charge in [0.25, 0.3) is 0 Å². The van der Waals surface area contributed by atoms with Gasteiger partial charge < -0.3 is 11.1 Å². The van der Waals surface area contributed by atoms with Crippen LogP contribution in [0.15, 0.2) is 12.4 Å². The number of nitrogens with one attached hydrogen (secondary N) is 1. The Hall–Kier alpha value is -1.43. The third kappa shape index (κ3) is 3.81. The zero-order valence-corrected chi connectivity index (χ0v) is 10.5. The van der Waals surface area contributed by atoms with Crippen molar-refractivity contribution in [3.05, 3.63) is 12.4 Å². The molecule has 0 fully saturated rings. The summed E-state index contributed by atoms with van der Waals surface area (Å²) in [6, 6.07) is 0. The highest BCUT2D eigenvalue weighted by atomic mass is 16.2. The molecule has 1 aromatic rings. The number of rotatable bonds is 7. The molecule has 0 radical (unpaired) electrons. The highest BCUT2D eigenvalue weighted by Gasteiger charge is 2.28. The van der Waals surface area contributed by atoms with Crippen molar-refractivity contribution in [2.45, 2.75) is 33.2 Å². The largest absolute Gasteiger partial charge is 0.356 e. The Morgan fingerprint density at radius 2 is 2.35 bits per heavy atom. The fraction of sp³-hybridized carbons (Fsp3) is 0.727. The number of aromatic nitrogens is 3. The van der Waals surface area contributed by atoms with Crippen LogP contribution in [0.3, 0.4) is 0 Å². The van der Waals surface area contributed by atoms with Gasteiger partial charge in [0.05, 0.1) is 11.6 Å². The van der Waals surface area contributed by atoms with Crippen molar-refractivity contribution >= 4 is 5.91 Å². The summed E-state index contributed by atoms with van der Waals surface area (Å²) in [4.78, 5) is 11.9. The minimum atomic E-state index is -0.451. The van der Waals surface area contributed by atoms with Crippen LogP contribution in [0.25, 0.3) is 0 Å². The van der Waals surface area contributed by atoms with Gasteiger partial charge in [-0.25, -0.2) is 0 Å². The maximum atomic E-state index is 11.9. The molecule has 1 unspecified atom stereocenters. The molecule has 3 N–H and O–H groups in total. The van der Waals surface area contributed by atoms with Crippen LogP contribution in [0.5, 0.6) is 0 Å². The van der Waals surface area contributed by atoms with Gasteiger partial charge in [-0.15, -0.1) is 5.10 Å². The Kier molecular flexibility index (Phi) is 5.09. The maximum Gasteiger partial charge on any atom is 0.227 e. The van der Waals surface area contributed by atoms with E-state index in [0.29, 0.717) is 13.1 Å². The number of carbonyl (C=O) groups excluding carboxylic acids is 1. The average molecular weight is 239 g/mol. The van der Waals surface area contributed by atoms with Gasteiger partial charge in [-0.1, -0.05) is 12.1 Å². The summed E-state index contributed by atoms with van der Waals surface area (Å²) in [5, 5.41) is 10.5. The highest BCUT2D eigenvalue weighted by molar-refractivity contribution is 5.82. The van der Waals surface area contributed by atoms with Crippen molar-refractivity contribution in [3.63, 3.8) is 0 Å². The number of carbonyl (C=O) groups is 1. The zero-order chi connectivity index (χ0) is 12.7. The summed E-state index contributed by atoms with van der Waals surface area (Å²) in [5.41, 5.74) is 5.17. The Bertz CT molecular complexity index is 332. The van der Waals surface area contributed by atoms with E-state index in [1.165, 1.54) is 0 Å². The van der Waals surface area contributed by atoms with E-state index >= 15 is 0 Å². The minimum absolute atomic E-state index is 0.0288. The first kappa shape index (κ1) is 13.6. The molecular formula is C11H21N5O. The van der Waals surface area contributed by atoms with Gasteiger partial charge in [0.2, 0.25) is 5.91 Å². The fourth-order valence-corrected chi connectivity index (χ4v) is 1.41. The minimum Gasteiger partial charge on any atom is -0.356 e. The van der Waals surface area contributed by atoms with Gasteiger partial charge in [-0.3, -0.25) is 9.48 Å². The van der Waals surface area contributed by atoms with Crippen LogP contribution in [-0.4, -0.2) is 34.0 Å². The lowest BCUT2D eigenvalue weighted by Gasteiger charge is -2.24. The van der Waals surface area contributed by atoms with Crippen LogP contribution >= 0.6 is 0 Å². The van der Waals surface area contributed by atoms with E-state index in [1.54, 1.807) is 17.1 Å². The third-order valence-corrected chi connectivity index (χ3v) is 3.10. The topological polar surface area (TPSA) is 85.8 Å². The number of amides is 1. The first-order valence-electron chi connectivity index (χ1n) is 5.95. The quantitative estimate of drug-likeness (QED) is 0.664. The van der Waals surface area contributed by atoms with Crippen molar-refractivity contribution < 1.29 is 4.79 Å². The van der Waals surface area contributed by atoms with E-state index in [-0.39, 0.29) is 5.91 Å². The molecule has 0 aliphatic rings. The Labute approximate surface area is 102 Å². The van der Waals surface area contributed by atoms with Gasteiger partial charge in [-0.2, -0.15) is 0 Å². The smallest absolute Gasteiger partial charge is 0.227 e. The maximum absolute atomic E-state index is 11.9. The Balaban J connectivity index is 2.24. The molecule has 1 atom stereocenters. The van der Waals surface area contributed by atoms with Gasteiger partial charge >= 0.3 is 0 Å². The van der Waals surface area contributed by atoms with Gasteiger partial charge in [0, 0.05) is 25.8 Å². The first-order chi connectivity index (χ1) is 8.12. The molecule has 96 valence electrons. The molecule has 0 saturated heterocycles. The molecule has 0 spiro atoms. The standard InChI is InChI=1S/C11H21N5O/c1-3-11(2,9-12)10(17)13-5-4-7-16-8-6-14-15-16/h6,8H,3-5,7,9,12H2,1-2H3,(H,13,17). The second kappa shape index (κ2) is 6.34. The number of aryl methyl sites for hydroxylation is 1. The molecule has 17 heavy (non-hydrogen) atoms. The van der Waals surface area contributed by atoms with E-state index in [9.17, 15) is 4.79 Å². The van der Waals surface area contributed by atoms with E-state index in [0.717, 1.165) is 19.4 Å². The summed E-state index contributed by atoms with van der Waals surface area (Å²) in [6.45, 7) is 5.63. The summed E-state index contributed by atoms with van der Waals surface area (Å²) >= 11 is 0. The molecule has 1 aromatic heterocycles. The highest BCUT2D eigenvalue weighted by Crippen LogP contribution is 2.18. The predicted molar refractivity (Wildman–Crippen MR) is 65.1 cm³/mol. The number of nitrogens with zero attached hydrogens (tertiary/aromatic N) is 3. The molecule has 1 heterocycles. The summed E-state index contributed by atoms with van der Waals surface area (Å²) in [6.07, 6.45) is 5.02. The first-order valence-corrected chi connectivity index (χ1v) is 5.95. The van der Waals surface area contributed by atoms with Gasteiger partial charge in [-0.05, 0) is 19.8 Å². The Morgan fingerprint density at radius 3 is 2.88 bits per heavy atom. The number of nitrogens with two attached hydrogens (primary N) is 1. The normalized spacial score (nSPS) is 14.3. The van der Waals surface area contributed by atoms with Crippen LogP contribution in [0, 0.1) is 5.41 Å². The predicted octanol–water partition coefficient (Wildman–Crippen LogP) is 0.159. The van der Waals surface area contributed by atoms with Crippen molar-refractivity contribution in [2.75, 3.05) is 13.1 Å². The average Bonchev–Trinajstić information content (AvgIpc) is 2.86. The van der Waals surface area contributed by atoms with Gasteiger partial charge in [0.15, 0.2) is 0 Å². The fourth-order valence-electron chi connectivity index (χ4n) is 1.41.